The molecule has 1 atom stereocenters. The van der Waals surface area contributed by atoms with E-state index in [1.54, 1.807) is 7.11 Å². The number of nitrogens with one attached hydrogen (secondary N) is 2. The molecule has 18 heavy (non-hydrogen) atoms. The first-order chi connectivity index (χ1) is 8.90. The molecular weight excluding hydrogens is 224 g/mol. The van der Waals surface area contributed by atoms with Crippen molar-refractivity contribution in [3.63, 3.8) is 0 Å². The predicted octanol–water partition coefficient (Wildman–Crippen LogP) is 1.97. The molecule has 0 bridgehead atoms. The summed E-state index contributed by atoms with van der Waals surface area (Å²) < 4.78 is 5.35. The summed E-state index contributed by atoms with van der Waals surface area (Å²) in [5, 5.41) is 7.04. The Bertz CT molecular complexity index is 348. The van der Waals surface area contributed by atoms with Gasteiger partial charge in [-0.25, -0.2) is 0 Å². The fourth-order valence-corrected chi connectivity index (χ4v) is 2.54. The Balaban J connectivity index is 1.62. The quantitative estimate of drug-likeness (QED) is 0.724. The topological polar surface area (TPSA) is 33.3 Å². The first kappa shape index (κ1) is 13.4. The molecule has 1 unspecified atom stereocenters. The van der Waals surface area contributed by atoms with Crippen molar-refractivity contribution in [1.29, 1.82) is 0 Å². The third kappa shape index (κ3) is 4.00. The van der Waals surface area contributed by atoms with E-state index in [4.69, 9.17) is 4.74 Å². The summed E-state index contributed by atoms with van der Waals surface area (Å²) >= 11 is 0. The Hall–Kier alpha value is -1.06. The van der Waals surface area contributed by atoms with Crippen LogP contribution in [-0.4, -0.2) is 32.8 Å². The SMILES string of the molecule is COc1ccccc1CCNCCC1CCCN1. The van der Waals surface area contributed by atoms with Gasteiger partial charge in [0.15, 0.2) is 0 Å². The van der Waals surface area contributed by atoms with Crippen molar-refractivity contribution in [3.8, 4) is 5.75 Å². The average molecular weight is 248 g/mol. The molecule has 0 aromatic heterocycles. The van der Waals surface area contributed by atoms with Crippen molar-refractivity contribution in [3.05, 3.63) is 29.8 Å². The fourth-order valence-electron chi connectivity index (χ4n) is 2.54. The second-order valence-corrected chi connectivity index (χ2v) is 4.89. The monoisotopic (exact) mass is 248 g/mol. The van der Waals surface area contributed by atoms with Crippen molar-refractivity contribution >= 4 is 0 Å². The molecule has 2 N–H and O–H groups in total. The van der Waals surface area contributed by atoms with Gasteiger partial charge in [-0.05, 0) is 56.9 Å². The molecule has 0 aliphatic carbocycles. The number of benzene rings is 1. The second kappa shape index (κ2) is 7.39. The van der Waals surface area contributed by atoms with E-state index >= 15 is 0 Å². The number of methoxy groups -OCH3 is 1. The van der Waals surface area contributed by atoms with E-state index in [0.717, 1.165) is 31.3 Å². The highest BCUT2D eigenvalue weighted by Crippen LogP contribution is 2.17. The molecule has 0 spiro atoms. The normalized spacial score (nSPS) is 19.1. The molecule has 100 valence electrons. The molecule has 1 heterocycles. The van der Waals surface area contributed by atoms with Crippen molar-refractivity contribution in [2.45, 2.75) is 31.7 Å². The Morgan fingerprint density at radius 3 is 3.00 bits per heavy atom. The smallest absolute Gasteiger partial charge is 0.122 e. The molecule has 0 saturated carbocycles. The summed E-state index contributed by atoms with van der Waals surface area (Å²) in [6.45, 7) is 3.33. The summed E-state index contributed by atoms with van der Waals surface area (Å²) in [5.74, 6) is 0.997. The zero-order chi connectivity index (χ0) is 12.6. The number of hydrogen-bond acceptors (Lipinski definition) is 3. The Kier molecular flexibility index (Phi) is 5.49. The fraction of sp³-hybridized carbons (Fsp3) is 0.600. The third-order valence-corrected chi connectivity index (χ3v) is 3.60. The Morgan fingerprint density at radius 1 is 1.33 bits per heavy atom. The lowest BCUT2D eigenvalue weighted by molar-refractivity contribution is 0.409. The molecule has 1 saturated heterocycles. The summed E-state index contributed by atoms with van der Waals surface area (Å²) in [6.07, 6.45) is 4.95. The van der Waals surface area contributed by atoms with Crippen LogP contribution in [0.3, 0.4) is 0 Å². The highest BCUT2D eigenvalue weighted by molar-refractivity contribution is 5.33. The maximum atomic E-state index is 5.35. The summed E-state index contributed by atoms with van der Waals surface area (Å²) in [7, 11) is 1.73. The van der Waals surface area contributed by atoms with E-state index in [9.17, 15) is 0 Å². The lowest BCUT2D eigenvalue weighted by Gasteiger charge is -2.11. The number of hydrogen-bond donors (Lipinski definition) is 2. The van der Waals surface area contributed by atoms with Crippen molar-refractivity contribution < 1.29 is 4.74 Å². The minimum Gasteiger partial charge on any atom is -0.496 e. The zero-order valence-corrected chi connectivity index (χ0v) is 11.2. The summed E-state index contributed by atoms with van der Waals surface area (Å²) in [5.41, 5.74) is 1.28. The number of para-hydroxylation sites is 1. The molecule has 0 amide bonds. The first-order valence-electron chi connectivity index (χ1n) is 6.96. The summed E-state index contributed by atoms with van der Waals surface area (Å²) in [6, 6.07) is 8.99. The van der Waals surface area contributed by atoms with E-state index in [2.05, 4.69) is 22.8 Å². The highest BCUT2D eigenvalue weighted by Gasteiger charge is 2.12. The van der Waals surface area contributed by atoms with Gasteiger partial charge >= 0.3 is 0 Å². The molecule has 1 aliphatic heterocycles. The van der Waals surface area contributed by atoms with Gasteiger partial charge in [-0.3, -0.25) is 0 Å². The van der Waals surface area contributed by atoms with Gasteiger partial charge in [0.05, 0.1) is 7.11 Å². The van der Waals surface area contributed by atoms with Crippen LogP contribution < -0.4 is 15.4 Å². The summed E-state index contributed by atoms with van der Waals surface area (Å²) in [4.78, 5) is 0. The largest absolute Gasteiger partial charge is 0.496 e. The van der Waals surface area contributed by atoms with Gasteiger partial charge in [-0.15, -0.1) is 0 Å². The molecule has 1 aliphatic rings. The lowest BCUT2D eigenvalue weighted by Crippen LogP contribution is -2.28. The van der Waals surface area contributed by atoms with Crippen LogP contribution >= 0.6 is 0 Å². The lowest BCUT2D eigenvalue weighted by atomic mass is 10.1. The van der Waals surface area contributed by atoms with Crippen LogP contribution in [0, 0.1) is 0 Å². The molecule has 3 heteroatoms. The molecule has 1 aromatic carbocycles. The van der Waals surface area contributed by atoms with Crippen LogP contribution in [0.2, 0.25) is 0 Å². The van der Waals surface area contributed by atoms with Gasteiger partial charge in [0, 0.05) is 6.04 Å². The first-order valence-corrected chi connectivity index (χ1v) is 6.96. The van der Waals surface area contributed by atoms with Crippen molar-refractivity contribution in [2.24, 2.45) is 0 Å². The van der Waals surface area contributed by atoms with Crippen molar-refractivity contribution in [2.75, 3.05) is 26.7 Å². The molecule has 3 nitrogen and oxygen atoms in total. The van der Waals surface area contributed by atoms with Crippen LogP contribution in [0.15, 0.2) is 24.3 Å². The average Bonchev–Trinajstić information content (AvgIpc) is 2.92. The van der Waals surface area contributed by atoms with Gasteiger partial charge < -0.3 is 15.4 Å². The molecule has 1 aromatic rings. The standard InChI is InChI=1S/C15H24N2O/c1-18-15-7-3-2-5-13(15)8-11-16-12-9-14-6-4-10-17-14/h2-3,5,7,14,16-17H,4,6,8-12H2,1H3. The Labute approximate surface area is 110 Å². The number of ether oxygens (including phenoxy) is 1. The zero-order valence-electron chi connectivity index (χ0n) is 11.2. The van der Waals surface area contributed by atoms with E-state index in [1.165, 1.54) is 31.4 Å². The minimum absolute atomic E-state index is 0.740. The molecule has 0 radical (unpaired) electrons. The van der Waals surface area contributed by atoms with E-state index in [-0.39, 0.29) is 0 Å². The van der Waals surface area contributed by atoms with Gasteiger partial charge in [-0.1, -0.05) is 18.2 Å². The minimum atomic E-state index is 0.740. The van der Waals surface area contributed by atoms with Crippen LogP contribution in [-0.2, 0) is 6.42 Å². The van der Waals surface area contributed by atoms with Gasteiger partial charge in [0.2, 0.25) is 0 Å². The van der Waals surface area contributed by atoms with Crippen LogP contribution in [0.25, 0.3) is 0 Å². The number of rotatable bonds is 7. The van der Waals surface area contributed by atoms with Crippen LogP contribution in [0.4, 0.5) is 0 Å². The van der Waals surface area contributed by atoms with Gasteiger partial charge in [0.25, 0.3) is 0 Å². The van der Waals surface area contributed by atoms with E-state index in [0.29, 0.717) is 0 Å². The van der Waals surface area contributed by atoms with E-state index in [1.807, 2.05) is 12.1 Å². The molecule has 2 rings (SSSR count). The Morgan fingerprint density at radius 2 is 2.22 bits per heavy atom. The van der Waals surface area contributed by atoms with E-state index < -0.39 is 0 Å². The van der Waals surface area contributed by atoms with Crippen molar-refractivity contribution in [1.82, 2.24) is 10.6 Å². The predicted molar refractivity (Wildman–Crippen MR) is 75.2 cm³/mol. The van der Waals surface area contributed by atoms with Gasteiger partial charge in [0.1, 0.15) is 5.75 Å². The second-order valence-electron chi connectivity index (χ2n) is 4.89. The van der Waals surface area contributed by atoms with Gasteiger partial charge in [-0.2, -0.15) is 0 Å². The third-order valence-electron chi connectivity index (χ3n) is 3.60. The highest BCUT2D eigenvalue weighted by atomic mass is 16.5. The maximum Gasteiger partial charge on any atom is 0.122 e. The molecule has 1 fully saturated rings. The van der Waals surface area contributed by atoms with Crippen LogP contribution in [0.5, 0.6) is 5.75 Å². The van der Waals surface area contributed by atoms with Crippen LogP contribution in [0.1, 0.15) is 24.8 Å². The maximum absolute atomic E-state index is 5.35. The molecular formula is C15H24N2O.